The van der Waals surface area contributed by atoms with Crippen molar-refractivity contribution in [1.29, 1.82) is 0 Å². The van der Waals surface area contributed by atoms with Crippen LogP contribution in [0.5, 0.6) is 0 Å². The number of aromatic carboxylic acids is 1. The minimum Gasteiger partial charge on any atom is -0.481 e. The molecule has 0 fully saturated rings. The molecule has 0 amide bonds. The van der Waals surface area contributed by atoms with Crippen molar-refractivity contribution in [3.8, 4) is 0 Å². The molecule has 0 radical (unpaired) electrons. The Hall–Kier alpha value is -2.11. The number of carboxylic acids is 2. The lowest BCUT2D eigenvalue weighted by Gasteiger charge is -2.13. The highest BCUT2D eigenvalue weighted by Gasteiger charge is 2.12. The highest BCUT2D eigenvalue weighted by Crippen LogP contribution is 2.16. The van der Waals surface area contributed by atoms with Crippen LogP contribution in [0.15, 0.2) is 18.2 Å². The van der Waals surface area contributed by atoms with Crippen molar-refractivity contribution in [2.24, 2.45) is 0 Å². The number of aliphatic carboxylic acids is 1. The van der Waals surface area contributed by atoms with Gasteiger partial charge in [0.15, 0.2) is 0 Å². The van der Waals surface area contributed by atoms with Gasteiger partial charge >= 0.3 is 11.9 Å². The van der Waals surface area contributed by atoms with Crippen molar-refractivity contribution in [3.05, 3.63) is 29.6 Å². The minimum absolute atomic E-state index is 0.109. The fourth-order valence-electron chi connectivity index (χ4n) is 1.38. The van der Waals surface area contributed by atoms with Crippen LogP contribution >= 0.6 is 0 Å². The zero-order valence-corrected chi connectivity index (χ0v) is 9.11. The lowest BCUT2D eigenvalue weighted by atomic mass is 10.1. The van der Waals surface area contributed by atoms with Crippen molar-refractivity contribution >= 4 is 17.6 Å². The van der Waals surface area contributed by atoms with Crippen LogP contribution in [0.1, 0.15) is 23.7 Å². The molecule has 1 rings (SSSR count). The molecular formula is C11H12FNO4. The van der Waals surface area contributed by atoms with Gasteiger partial charge in [-0.1, -0.05) is 0 Å². The maximum absolute atomic E-state index is 13.3. The largest absolute Gasteiger partial charge is 0.481 e. The zero-order valence-electron chi connectivity index (χ0n) is 9.11. The second-order valence-corrected chi connectivity index (χ2v) is 3.64. The van der Waals surface area contributed by atoms with Gasteiger partial charge in [-0.3, -0.25) is 4.79 Å². The Morgan fingerprint density at radius 1 is 1.41 bits per heavy atom. The number of hydrogen-bond acceptors (Lipinski definition) is 3. The van der Waals surface area contributed by atoms with Crippen LogP contribution in [0.2, 0.25) is 0 Å². The summed E-state index contributed by atoms with van der Waals surface area (Å²) < 4.78 is 13.3. The summed E-state index contributed by atoms with van der Waals surface area (Å²) in [5, 5.41) is 19.9. The molecule has 0 spiro atoms. The van der Waals surface area contributed by atoms with Gasteiger partial charge in [0, 0.05) is 11.7 Å². The molecule has 0 aliphatic rings. The van der Waals surface area contributed by atoms with Crippen LogP contribution in [0.4, 0.5) is 10.1 Å². The predicted octanol–water partition coefficient (Wildman–Crippen LogP) is 1.80. The molecule has 0 heterocycles. The van der Waals surface area contributed by atoms with Gasteiger partial charge in [0.2, 0.25) is 0 Å². The molecule has 1 aromatic carbocycles. The summed E-state index contributed by atoms with van der Waals surface area (Å²) in [6.07, 6.45) is -0.109. The number of carbonyl (C=O) groups is 2. The van der Waals surface area contributed by atoms with Gasteiger partial charge in [-0.05, 0) is 25.1 Å². The summed E-state index contributed by atoms with van der Waals surface area (Å²) in [6, 6.07) is 3.18. The number of carboxylic acid groups (broad SMARTS) is 2. The van der Waals surface area contributed by atoms with Gasteiger partial charge in [0.1, 0.15) is 5.82 Å². The molecule has 0 aromatic heterocycles. The second kappa shape index (κ2) is 5.29. The van der Waals surface area contributed by atoms with E-state index in [1.807, 2.05) is 0 Å². The van der Waals surface area contributed by atoms with Crippen LogP contribution in [0.3, 0.4) is 0 Å². The molecule has 92 valence electrons. The number of rotatable bonds is 5. The molecular weight excluding hydrogens is 229 g/mol. The first-order chi connectivity index (χ1) is 7.90. The van der Waals surface area contributed by atoms with E-state index < -0.39 is 23.3 Å². The molecule has 0 aliphatic heterocycles. The third-order valence-electron chi connectivity index (χ3n) is 2.09. The van der Waals surface area contributed by atoms with Crippen molar-refractivity contribution in [3.63, 3.8) is 0 Å². The highest BCUT2D eigenvalue weighted by atomic mass is 19.1. The van der Waals surface area contributed by atoms with Crippen LogP contribution < -0.4 is 5.32 Å². The van der Waals surface area contributed by atoms with Crippen molar-refractivity contribution in [2.75, 3.05) is 5.32 Å². The molecule has 1 atom stereocenters. The lowest BCUT2D eigenvalue weighted by Crippen LogP contribution is -2.19. The van der Waals surface area contributed by atoms with Gasteiger partial charge in [-0.15, -0.1) is 0 Å². The molecule has 0 saturated carbocycles. The monoisotopic (exact) mass is 241 g/mol. The van der Waals surface area contributed by atoms with E-state index in [0.29, 0.717) is 5.69 Å². The summed E-state index contributed by atoms with van der Waals surface area (Å²) >= 11 is 0. The van der Waals surface area contributed by atoms with Gasteiger partial charge in [0.25, 0.3) is 0 Å². The SMILES string of the molecule is CC(CC(=O)O)Nc1ccc(C(=O)O)c(F)c1. The average Bonchev–Trinajstić information content (AvgIpc) is 2.15. The van der Waals surface area contributed by atoms with Gasteiger partial charge in [-0.2, -0.15) is 0 Å². The van der Waals surface area contributed by atoms with Gasteiger partial charge in [0.05, 0.1) is 12.0 Å². The second-order valence-electron chi connectivity index (χ2n) is 3.64. The Morgan fingerprint density at radius 2 is 2.06 bits per heavy atom. The van der Waals surface area contributed by atoms with E-state index in [2.05, 4.69) is 5.32 Å². The van der Waals surface area contributed by atoms with Crippen molar-refractivity contribution < 1.29 is 24.2 Å². The van der Waals surface area contributed by atoms with Crippen LogP contribution in [0.25, 0.3) is 0 Å². The molecule has 5 nitrogen and oxygen atoms in total. The predicted molar refractivity (Wildman–Crippen MR) is 58.7 cm³/mol. The smallest absolute Gasteiger partial charge is 0.338 e. The molecule has 17 heavy (non-hydrogen) atoms. The lowest BCUT2D eigenvalue weighted by molar-refractivity contribution is -0.137. The van der Waals surface area contributed by atoms with E-state index in [1.54, 1.807) is 6.92 Å². The molecule has 6 heteroatoms. The average molecular weight is 241 g/mol. The van der Waals surface area contributed by atoms with E-state index in [4.69, 9.17) is 10.2 Å². The molecule has 0 saturated heterocycles. The molecule has 3 N–H and O–H groups in total. The third kappa shape index (κ3) is 3.75. The van der Waals surface area contributed by atoms with E-state index in [9.17, 15) is 14.0 Å². The number of halogens is 1. The van der Waals surface area contributed by atoms with Crippen molar-refractivity contribution in [2.45, 2.75) is 19.4 Å². The van der Waals surface area contributed by atoms with E-state index in [1.165, 1.54) is 6.07 Å². The fourth-order valence-corrected chi connectivity index (χ4v) is 1.38. The van der Waals surface area contributed by atoms with Crippen LogP contribution in [-0.2, 0) is 4.79 Å². The zero-order chi connectivity index (χ0) is 13.0. The molecule has 1 aromatic rings. The first kappa shape index (κ1) is 13.0. The van der Waals surface area contributed by atoms with E-state index in [-0.39, 0.29) is 12.5 Å². The summed E-state index contributed by atoms with van der Waals surface area (Å²) in [5.74, 6) is -3.16. The number of hydrogen-bond donors (Lipinski definition) is 3. The highest BCUT2D eigenvalue weighted by molar-refractivity contribution is 5.88. The van der Waals surface area contributed by atoms with E-state index >= 15 is 0 Å². The quantitative estimate of drug-likeness (QED) is 0.731. The summed E-state index contributed by atoms with van der Waals surface area (Å²) in [6.45, 7) is 1.64. The normalized spacial score (nSPS) is 11.9. The minimum atomic E-state index is -1.34. The molecule has 1 unspecified atom stereocenters. The van der Waals surface area contributed by atoms with Crippen LogP contribution in [0, 0.1) is 5.82 Å². The standard InChI is InChI=1S/C11H12FNO4/c1-6(4-10(14)15)13-7-2-3-8(11(16)17)9(12)5-7/h2-3,5-6,13H,4H2,1H3,(H,14,15)(H,16,17). The summed E-state index contributed by atoms with van der Waals surface area (Å²) in [7, 11) is 0. The summed E-state index contributed by atoms with van der Waals surface area (Å²) in [5.41, 5.74) is -0.0670. The Bertz CT molecular complexity index is 447. The Labute approximate surface area is 96.9 Å². The third-order valence-corrected chi connectivity index (χ3v) is 2.09. The molecule has 0 bridgehead atoms. The fraction of sp³-hybridized carbons (Fsp3) is 0.273. The maximum atomic E-state index is 13.3. The van der Waals surface area contributed by atoms with Crippen LogP contribution in [-0.4, -0.2) is 28.2 Å². The number of benzene rings is 1. The van der Waals surface area contributed by atoms with Gasteiger partial charge < -0.3 is 15.5 Å². The summed E-state index contributed by atoms with van der Waals surface area (Å²) in [4.78, 5) is 21.0. The van der Waals surface area contributed by atoms with Gasteiger partial charge in [-0.25, -0.2) is 9.18 Å². The topological polar surface area (TPSA) is 86.6 Å². The van der Waals surface area contributed by atoms with Crippen molar-refractivity contribution in [1.82, 2.24) is 0 Å². The Morgan fingerprint density at radius 3 is 2.53 bits per heavy atom. The number of anilines is 1. The Balaban J connectivity index is 2.77. The molecule has 0 aliphatic carbocycles. The number of nitrogens with one attached hydrogen (secondary N) is 1. The maximum Gasteiger partial charge on any atom is 0.338 e. The first-order valence-corrected chi connectivity index (χ1v) is 4.91. The first-order valence-electron chi connectivity index (χ1n) is 4.91. The Kier molecular flexibility index (Phi) is 4.03. The van der Waals surface area contributed by atoms with E-state index in [0.717, 1.165) is 12.1 Å².